The Bertz CT molecular complexity index is 666. The first-order valence-electron chi connectivity index (χ1n) is 14.1. The zero-order valence-corrected chi connectivity index (χ0v) is 23.9. The molecular weight excluding hydrogens is 439 g/mol. The highest BCUT2D eigenvalue weighted by molar-refractivity contribution is 7.17. The molecule has 0 saturated carbocycles. The van der Waals surface area contributed by atoms with E-state index in [1.54, 1.807) is 0 Å². The molecule has 1 rings (SSSR count). The van der Waals surface area contributed by atoms with Crippen LogP contribution in [0.5, 0.6) is 5.75 Å². The minimum Gasteiger partial charge on any atom is -0.507 e. The Morgan fingerprint density at radius 1 is 0.794 bits per heavy atom. The van der Waals surface area contributed by atoms with Crippen LogP contribution in [0.15, 0.2) is 12.1 Å². The van der Waals surface area contributed by atoms with E-state index in [1.807, 2.05) is 19.1 Å². The highest BCUT2D eigenvalue weighted by Crippen LogP contribution is 2.38. The maximum absolute atomic E-state index is 11.2. The van der Waals surface area contributed by atoms with Gasteiger partial charge in [0.1, 0.15) is 5.75 Å². The van der Waals surface area contributed by atoms with E-state index in [4.69, 9.17) is 4.52 Å². The van der Waals surface area contributed by atoms with E-state index in [0.29, 0.717) is 5.75 Å². The lowest BCUT2D eigenvalue weighted by atomic mass is 9.83. The maximum Gasteiger partial charge on any atom is 0.327 e. The Hall–Kier alpha value is -0.920. The van der Waals surface area contributed by atoms with Crippen LogP contribution in [0.2, 0.25) is 0 Å². The standard InChI is InChI=1S/C30H53O3P/c1-6-7-8-9-10-11-12-13-14-15-16-17-18-19-20-21-22-28(33-34-32)26-23-25(2)29(31)27(24-26)30(3,4)5/h23-24,28,31H,6-22H2,1-5H3. The molecule has 0 aliphatic heterocycles. The fraction of sp³-hybridized carbons (Fsp3) is 0.800. The number of hydrogen-bond donors (Lipinski definition) is 1. The Morgan fingerprint density at radius 2 is 1.24 bits per heavy atom. The van der Waals surface area contributed by atoms with Crippen molar-refractivity contribution in [3.05, 3.63) is 28.8 Å². The van der Waals surface area contributed by atoms with Gasteiger partial charge >= 0.3 is 8.69 Å². The number of phenols is 1. The molecule has 0 heterocycles. The molecule has 0 spiro atoms. The van der Waals surface area contributed by atoms with E-state index in [2.05, 4.69) is 27.7 Å². The van der Waals surface area contributed by atoms with Gasteiger partial charge in [-0.15, -0.1) is 0 Å². The smallest absolute Gasteiger partial charge is 0.327 e. The molecule has 0 saturated heterocycles. The van der Waals surface area contributed by atoms with Crippen molar-refractivity contribution in [3.8, 4) is 5.75 Å². The molecule has 1 atom stereocenters. The normalized spacial score (nSPS) is 13.0. The molecule has 0 bridgehead atoms. The van der Waals surface area contributed by atoms with Gasteiger partial charge in [-0.2, -0.15) is 0 Å². The van der Waals surface area contributed by atoms with Crippen molar-refractivity contribution < 1.29 is 14.2 Å². The van der Waals surface area contributed by atoms with Crippen molar-refractivity contribution in [3.63, 3.8) is 0 Å². The van der Waals surface area contributed by atoms with Crippen LogP contribution in [0.1, 0.15) is 160 Å². The monoisotopic (exact) mass is 492 g/mol. The summed E-state index contributed by atoms with van der Waals surface area (Å²) in [6.07, 6.45) is 22.4. The number of phenolic OH excluding ortho intramolecular Hbond substituents is 1. The summed E-state index contributed by atoms with van der Waals surface area (Å²) in [5, 5.41) is 10.5. The zero-order valence-electron chi connectivity index (χ0n) is 23.0. The van der Waals surface area contributed by atoms with Crippen LogP contribution in [0.3, 0.4) is 0 Å². The summed E-state index contributed by atoms with van der Waals surface area (Å²) in [4.78, 5) is 0. The van der Waals surface area contributed by atoms with E-state index >= 15 is 0 Å². The third-order valence-electron chi connectivity index (χ3n) is 6.99. The van der Waals surface area contributed by atoms with Crippen LogP contribution >= 0.6 is 8.69 Å². The van der Waals surface area contributed by atoms with Crippen molar-refractivity contribution in [1.82, 2.24) is 0 Å². The van der Waals surface area contributed by atoms with E-state index < -0.39 is 0 Å². The number of aryl methyl sites for hydroxylation is 1. The minimum atomic E-state index is -0.278. The number of aromatic hydroxyl groups is 1. The molecule has 0 aliphatic carbocycles. The second-order valence-electron chi connectivity index (χ2n) is 11.2. The quantitative estimate of drug-likeness (QED) is 0.145. The SMILES string of the molecule is CCCCCCCCCCCCCCCCCCC(OP=O)c1cc(C)c(O)c(C(C)(C)C)c1. The second-order valence-corrected chi connectivity index (χ2v) is 11.6. The molecule has 34 heavy (non-hydrogen) atoms. The van der Waals surface area contributed by atoms with Crippen LogP contribution in [0.25, 0.3) is 0 Å². The first-order chi connectivity index (χ1) is 16.3. The lowest BCUT2D eigenvalue weighted by Crippen LogP contribution is -2.13. The first-order valence-corrected chi connectivity index (χ1v) is 14.9. The van der Waals surface area contributed by atoms with Gasteiger partial charge in [0, 0.05) is 0 Å². The van der Waals surface area contributed by atoms with E-state index in [9.17, 15) is 9.67 Å². The summed E-state index contributed by atoms with van der Waals surface area (Å²) < 4.78 is 16.8. The molecule has 1 unspecified atom stereocenters. The predicted molar refractivity (Wildman–Crippen MR) is 147 cm³/mol. The molecule has 1 aromatic rings. The largest absolute Gasteiger partial charge is 0.507 e. The van der Waals surface area contributed by atoms with Crippen LogP contribution in [-0.4, -0.2) is 5.11 Å². The highest BCUT2D eigenvalue weighted by Gasteiger charge is 2.23. The van der Waals surface area contributed by atoms with Crippen LogP contribution in [0, 0.1) is 6.92 Å². The summed E-state index contributed by atoms with van der Waals surface area (Å²) in [5.74, 6) is 0.358. The molecule has 0 fully saturated rings. The molecule has 0 radical (unpaired) electrons. The van der Waals surface area contributed by atoms with Gasteiger partial charge in [-0.1, -0.05) is 130 Å². The molecular formula is C30H53O3P. The summed E-state index contributed by atoms with van der Waals surface area (Å²) >= 11 is 0. The Labute approximate surface area is 212 Å². The van der Waals surface area contributed by atoms with Crippen molar-refractivity contribution in [2.24, 2.45) is 0 Å². The fourth-order valence-electron chi connectivity index (χ4n) is 4.78. The van der Waals surface area contributed by atoms with Crippen LogP contribution in [0.4, 0.5) is 0 Å². The predicted octanol–water partition coefficient (Wildman–Crippen LogP) is 10.9. The summed E-state index contributed by atoms with van der Waals surface area (Å²) in [7, 11) is -0.278. The Kier molecular flexibility index (Phi) is 16.8. The number of unbranched alkanes of at least 4 members (excludes halogenated alkanes) is 15. The number of rotatable bonds is 20. The van der Waals surface area contributed by atoms with Gasteiger partial charge in [0.05, 0.1) is 6.10 Å². The lowest BCUT2D eigenvalue weighted by molar-refractivity contribution is 0.211. The van der Waals surface area contributed by atoms with Crippen molar-refractivity contribution >= 4 is 8.69 Å². The van der Waals surface area contributed by atoms with Gasteiger partial charge in [0.15, 0.2) is 0 Å². The molecule has 3 nitrogen and oxygen atoms in total. The lowest BCUT2D eigenvalue weighted by Gasteiger charge is -2.24. The van der Waals surface area contributed by atoms with Crippen molar-refractivity contribution in [2.75, 3.05) is 0 Å². The average molecular weight is 493 g/mol. The zero-order chi connectivity index (χ0) is 25.2. The van der Waals surface area contributed by atoms with Gasteiger partial charge in [-0.25, -0.2) is 4.57 Å². The van der Waals surface area contributed by atoms with Gasteiger partial charge in [-0.3, -0.25) is 4.52 Å². The highest BCUT2D eigenvalue weighted by atomic mass is 31.1. The number of benzene rings is 1. The molecule has 196 valence electrons. The van der Waals surface area contributed by atoms with E-state index in [1.165, 1.54) is 96.3 Å². The van der Waals surface area contributed by atoms with E-state index in [0.717, 1.165) is 29.5 Å². The van der Waals surface area contributed by atoms with Gasteiger partial charge in [-0.05, 0) is 47.6 Å². The molecule has 0 aliphatic rings. The molecule has 0 amide bonds. The maximum atomic E-state index is 11.2. The summed E-state index contributed by atoms with van der Waals surface area (Å²) in [6, 6.07) is 4.01. The third-order valence-corrected chi connectivity index (χ3v) is 7.33. The average Bonchev–Trinajstić information content (AvgIpc) is 2.79. The van der Waals surface area contributed by atoms with Crippen molar-refractivity contribution in [1.29, 1.82) is 0 Å². The first kappa shape index (κ1) is 31.1. The molecule has 1 N–H and O–H groups in total. The Morgan fingerprint density at radius 3 is 1.65 bits per heavy atom. The second kappa shape index (κ2) is 18.4. The fourth-order valence-corrected chi connectivity index (χ4v) is 5.11. The van der Waals surface area contributed by atoms with Crippen LogP contribution in [-0.2, 0) is 14.5 Å². The molecule has 1 aromatic carbocycles. The number of hydrogen-bond acceptors (Lipinski definition) is 3. The van der Waals surface area contributed by atoms with Gasteiger partial charge < -0.3 is 5.11 Å². The van der Waals surface area contributed by atoms with E-state index in [-0.39, 0.29) is 20.2 Å². The van der Waals surface area contributed by atoms with Crippen LogP contribution < -0.4 is 0 Å². The summed E-state index contributed by atoms with van der Waals surface area (Å²) in [5.41, 5.74) is 2.64. The molecule has 0 aromatic heterocycles. The molecule has 4 heteroatoms. The Balaban J connectivity index is 2.19. The minimum absolute atomic E-state index is 0.154. The van der Waals surface area contributed by atoms with Gasteiger partial charge in [0.2, 0.25) is 0 Å². The third kappa shape index (κ3) is 13.2. The van der Waals surface area contributed by atoms with Gasteiger partial charge in [0.25, 0.3) is 0 Å². The topological polar surface area (TPSA) is 46.5 Å². The summed E-state index contributed by atoms with van der Waals surface area (Å²) in [6.45, 7) is 10.5. The van der Waals surface area contributed by atoms with Crippen molar-refractivity contribution in [2.45, 2.75) is 155 Å².